The number of carboxylic acid groups (broad SMARTS) is 1. The minimum absolute atomic E-state index is 0.0196. The third-order valence-corrected chi connectivity index (χ3v) is 16.2. The number of likely N-dealkylation sites (tertiary alicyclic amines) is 1. The van der Waals surface area contributed by atoms with Gasteiger partial charge in [-0.1, -0.05) is 48.2 Å². The van der Waals surface area contributed by atoms with E-state index in [2.05, 4.69) is 55.6 Å². The molecular weight excluding hydrogens is 1050 g/mol. The Hall–Kier alpha value is -8.20. The summed E-state index contributed by atoms with van der Waals surface area (Å²) in [6, 6.07) is 20.2. The van der Waals surface area contributed by atoms with Crippen LogP contribution in [0.15, 0.2) is 90.0 Å². The number of carbonyl (C=O) groups is 5. The average molecular weight is 1120 g/mol. The Balaban J connectivity index is 0.779. The summed E-state index contributed by atoms with van der Waals surface area (Å²) in [7, 11) is 3.21. The molecule has 3 aromatic heterocycles. The molecule has 5 amide bonds. The number of aromatic amines is 1. The summed E-state index contributed by atoms with van der Waals surface area (Å²) >= 11 is 0. The number of anilines is 2. The number of urea groups is 1. The highest BCUT2D eigenvalue weighted by atomic mass is 16.5. The Morgan fingerprint density at radius 3 is 2.39 bits per heavy atom. The second-order valence-electron chi connectivity index (χ2n) is 22.0. The zero-order valence-corrected chi connectivity index (χ0v) is 46.6. The van der Waals surface area contributed by atoms with E-state index in [4.69, 9.17) is 25.2 Å². The van der Waals surface area contributed by atoms with Crippen molar-refractivity contribution in [3.05, 3.63) is 112 Å². The van der Waals surface area contributed by atoms with Crippen molar-refractivity contribution in [1.29, 1.82) is 0 Å². The van der Waals surface area contributed by atoms with Crippen LogP contribution in [0.2, 0.25) is 0 Å². The normalized spacial score (nSPS) is 18.4. The first kappa shape index (κ1) is 57.1. The highest BCUT2D eigenvalue weighted by Crippen LogP contribution is 2.44. The highest BCUT2D eigenvalue weighted by Gasteiger charge is 2.44. The van der Waals surface area contributed by atoms with E-state index in [0.29, 0.717) is 46.7 Å². The maximum absolute atomic E-state index is 13.8. The molecule has 22 heteroatoms. The number of rotatable bonds is 19. The quantitative estimate of drug-likeness (QED) is 0.0567. The summed E-state index contributed by atoms with van der Waals surface area (Å²) in [5.41, 5.74) is 9.50. The maximum atomic E-state index is 13.8. The molecule has 8 N–H and O–H groups in total. The smallest absolute Gasteiger partial charge is 0.332 e. The van der Waals surface area contributed by atoms with E-state index in [0.717, 1.165) is 103 Å². The number of nitrogens with one attached hydrogen (secondary N) is 4. The average Bonchev–Trinajstić information content (AvgIpc) is 2.06. The predicted molar refractivity (Wildman–Crippen MR) is 308 cm³/mol. The summed E-state index contributed by atoms with van der Waals surface area (Å²) in [6.45, 7) is 6.52. The molecule has 3 aliphatic heterocycles. The summed E-state index contributed by atoms with van der Waals surface area (Å²) in [4.78, 5) is 97.2. The molecular formula is C60H70N12O10. The third-order valence-electron chi connectivity index (χ3n) is 16.2. The zero-order chi connectivity index (χ0) is 57.9. The van der Waals surface area contributed by atoms with Crippen LogP contribution in [0.1, 0.15) is 82.0 Å². The second kappa shape index (κ2) is 24.1. The van der Waals surface area contributed by atoms with E-state index in [1.54, 1.807) is 36.0 Å². The van der Waals surface area contributed by atoms with Crippen molar-refractivity contribution in [2.75, 3.05) is 69.5 Å². The molecule has 6 aromatic rings. The van der Waals surface area contributed by atoms with Gasteiger partial charge in [0.2, 0.25) is 23.7 Å². The first-order valence-corrected chi connectivity index (χ1v) is 27.9. The molecule has 6 heterocycles. The SMILES string of the molecule is COc1ccc(C#CCNC2(C)CCN(C3CCN(c4nc([C@@](CO)(OC5CC5)c5ccccc5)c5cc(-c6cn(C)c(=O)c7[nH]ccc67)ccc5n4)CC3)CC2)cc1N1CCC(=O)N(CNC(=O)[C@H](CC(=O)O)NC(=O)[C@H](C)N)C1=O. The van der Waals surface area contributed by atoms with E-state index >= 15 is 0 Å². The lowest BCUT2D eigenvalue weighted by molar-refractivity contribution is -0.141. The first-order chi connectivity index (χ1) is 39.5. The van der Waals surface area contributed by atoms with Crippen molar-refractivity contribution < 1.29 is 43.7 Å². The number of pyridine rings is 1. The predicted octanol–water partition coefficient (Wildman–Crippen LogP) is 3.90. The topological polar surface area (TPSA) is 283 Å². The number of aryl methyl sites for hydroxylation is 1. The number of imide groups is 1. The van der Waals surface area contributed by atoms with Crippen molar-refractivity contribution in [1.82, 2.24) is 45.3 Å². The molecule has 22 nitrogen and oxygen atoms in total. The maximum Gasteiger partial charge on any atom is 0.332 e. The van der Waals surface area contributed by atoms with Gasteiger partial charge in [0.15, 0.2) is 5.60 Å². The molecule has 0 radical (unpaired) electrons. The second-order valence-corrected chi connectivity index (χ2v) is 22.0. The Kier molecular flexibility index (Phi) is 16.8. The number of nitrogens with zero attached hydrogens (tertiary/aromatic N) is 7. The number of aromatic nitrogens is 4. The molecule has 0 bridgehead atoms. The van der Waals surface area contributed by atoms with E-state index in [1.165, 1.54) is 18.9 Å². The lowest BCUT2D eigenvalue weighted by Gasteiger charge is -2.45. The zero-order valence-electron chi connectivity index (χ0n) is 46.6. The van der Waals surface area contributed by atoms with Crippen LogP contribution in [0, 0.1) is 11.8 Å². The number of benzene rings is 3. The molecule has 3 atom stereocenters. The highest BCUT2D eigenvalue weighted by molar-refractivity contribution is 6.07. The number of carboxylic acids is 1. The van der Waals surface area contributed by atoms with Crippen LogP contribution < -0.4 is 41.8 Å². The summed E-state index contributed by atoms with van der Waals surface area (Å²) in [6.07, 6.45) is 8.30. The Labute approximate surface area is 474 Å². The number of hydrogen-bond donors (Lipinski definition) is 7. The van der Waals surface area contributed by atoms with Gasteiger partial charge in [0, 0.05) is 92.1 Å². The summed E-state index contributed by atoms with van der Waals surface area (Å²) in [5.74, 6) is 3.88. The molecule has 3 saturated heterocycles. The van der Waals surface area contributed by atoms with Crippen LogP contribution in [0.25, 0.3) is 32.9 Å². The molecule has 0 spiro atoms. The number of hydrogen-bond acceptors (Lipinski definition) is 15. The monoisotopic (exact) mass is 1120 g/mol. The van der Waals surface area contributed by atoms with E-state index in [-0.39, 0.29) is 36.8 Å². The van der Waals surface area contributed by atoms with Crippen LogP contribution in [0.3, 0.4) is 0 Å². The minimum Gasteiger partial charge on any atom is -0.495 e. The Morgan fingerprint density at radius 2 is 1.70 bits per heavy atom. The molecule has 3 aromatic carbocycles. The molecule has 4 fully saturated rings. The third kappa shape index (κ3) is 12.1. The number of amides is 5. The number of nitrogens with two attached hydrogens (primary N) is 1. The van der Waals surface area contributed by atoms with Gasteiger partial charge in [-0.3, -0.25) is 28.9 Å². The number of aliphatic hydroxyl groups excluding tert-OH is 1. The molecule has 1 saturated carbocycles. The molecule has 0 unspecified atom stereocenters. The fourth-order valence-corrected chi connectivity index (χ4v) is 11.3. The number of H-pyrrole nitrogens is 1. The number of piperidine rings is 2. The van der Waals surface area contributed by atoms with Gasteiger partial charge in [-0.05, 0) is 99.9 Å². The number of aliphatic carboxylic acids is 1. The first-order valence-electron chi connectivity index (χ1n) is 27.9. The number of ether oxygens (including phenoxy) is 2. The van der Waals surface area contributed by atoms with Crippen LogP contribution in [0.4, 0.5) is 16.4 Å². The van der Waals surface area contributed by atoms with Gasteiger partial charge in [0.25, 0.3) is 5.56 Å². The number of fused-ring (bicyclic) bond motifs is 2. The van der Waals surface area contributed by atoms with Gasteiger partial charge in [-0.2, -0.15) is 0 Å². The molecule has 4 aliphatic rings. The van der Waals surface area contributed by atoms with Gasteiger partial charge >= 0.3 is 12.0 Å². The Bertz CT molecular complexity index is 3520. The largest absolute Gasteiger partial charge is 0.495 e. The van der Waals surface area contributed by atoms with Crippen molar-refractivity contribution in [2.24, 2.45) is 12.8 Å². The van der Waals surface area contributed by atoms with Crippen LogP contribution in [-0.2, 0) is 36.6 Å². The molecule has 1 aliphatic carbocycles. The van der Waals surface area contributed by atoms with Gasteiger partial charge in [0.05, 0.1) is 55.7 Å². The number of carbonyl (C=O) groups excluding carboxylic acids is 4. The molecule has 10 rings (SSSR count). The standard InChI is InChI=1S/C60H70N12O10/c1-37(61)54(77)65-47(33-51(75)76)55(78)63-36-72-50(74)21-28-71(58(72)80)48-31-38(12-17-49(48)81-4)9-8-24-64-59(2)22-29-69(30-23-59)41-19-26-70(27-20-41)57-66-46-16-13-39(45-34-68(3)56(79)52-43(45)18-25-62-52)32-44(46)53(67-57)60(35-73,82-42-14-15-42)40-10-6-5-7-11-40/h5-7,10-13,16-18,25,31-32,34,37,41-42,47,62,64,73H,14-15,19-24,26-30,33,35-36,61H2,1-4H3,(H,63,78)(H,65,77)(H,75,76)/t37-,47-,60-/m0/s1. The fourth-order valence-electron chi connectivity index (χ4n) is 11.3. The lowest BCUT2D eigenvalue weighted by Crippen LogP contribution is -2.58. The van der Waals surface area contributed by atoms with Crippen LogP contribution in [-0.4, -0.2) is 159 Å². The van der Waals surface area contributed by atoms with Gasteiger partial charge in [-0.15, -0.1) is 0 Å². The van der Waals surface area contributed by atoms with Crippen molar-refractivity contribution in [3.63, 3.8) is 0 Å². The van der Waals surface area contributed by atoms with E-state index < -0.39 is 60.5 Å². The molecule has 82 heavy (non-hydrogen) atoms. The molecule has 430 valence electrons. The van der Waals surface area contributed by atoms with Crippen molar-refractivity contribution >= 4 is 63.2 Å². The Morgan fingerprint density at radius 1 is 0.939 bits per heavy atom. The minimum atomic E-state index is -1.49. The fraction of sp³-hybridized carbons (Fsp3) is 0.433. The van der Waals surface area contributed by atoms with Crippen LogP contribution >= 0.6 is 0 Å². The van der Waals surface area contributed by atoms with Gasteiger partial charge in [-0.25, -0.2) is 19.7 Å². The van der Waals surface area contributed by atoms with Crippen molar-refractivity contribution in [3.8, 4) is 28.7 Å². The number of aliphatic hydroxyl groups is 1. The van der Waals surface area contributed by atoms with Gasteiger partial charge < -0.3 is 60.7 Å². The summed E-state index contributed by atoms with van der Waals surface area (Å²) in [5, 5.41) is 30.9. The summed E-state index contributed by atoms with van der Waals surface area (Å²) < 4.78 is 14.1. The lowest BCUT2D eigenvalue weighted by atomic mass is 9.87. The van der Waals surface area contributed by atoms with E-state index in [9.17, 15) is 39.0 Å². The van der Waals surface area contributed by atoms with E-state index in [1.807, 2.05) is 54.7 Å². The van der Waals surface area contributed by atoms with Gasteiger partial charge in [0.1, 0.15) is 24.0 Å². The van der Waals surface area contributed by atoms with Crippen molar-refractivity contribution in [2.45, 2.75) is 101 Å². The number of methoxy groups -OCH3 is 1. The van der Waals surface area contributed by atoms with Crippen LogP contribution in [0.5, 0.6) is 5.75 Å².